The average molecular weight is 394 g/mol. The van der Waals surface area contributed by atoms with Gasteiger partial charge in [-0.25, -0.2) is 13.4 Å². The lowest BCUT2D eigenvalue weighted by Crippen LogP contribution is -2.48. The van der Waals surface area contributed by atoms with Gasteiger partial charge in [0.2, 0.25) is 10.0 Å². The van der Waals surface area contributed by atoms with Gasteiger partial charge in [0, 0.05) is 38.1 Å². The Morgan fingerprint density at radius 3 is 1.96 bits per heavy atom. The van der Waals surface area contributed by atoms with Gasteiger partial charge in [0.05, 0.1) is 16.1 Å². The minimum absolute atomic E-state index is 0.506. The Labute approximate surface area is 160 Å². The third kappa shape index (κ3) is 3.45. The molecule has 1 saturated heterocycles. The largest absolute Gasteiger partial charge is 0.295 e. The Balaban J connectivity index is 1.82. The molecular formula is C19H27N3O2S2. The SMILES string of the molecule is Cc1c(C)c(C)c(S(=O)(=O)N2CCN(Cc3cscn3)CC2)c(C)c1C. The van der Waals surface area contributed by atoms with Gasteiger partial charge in [-0.1, -0.05) is 0 Å². The maximum Gasteiger partial charge on any atom is 0.243 e. The fraction of sp³-hybridized carbons (Fsp3) is 0.526. The molecular weight excluding hydrogens is 366 g/mol. The molecule has 5 nitrogen and oxygen atoms in total. The lowest BCUT2D eigenvalue weighted by Gasteiger charge is -2.34. The molecule has 142 valence electrons. The van der Waals surface area contributed by atoms with Crippen LogP contribution in [-0.2, 0) is 16.6 Å². The minimum Gasteiger partial charge on any atom is -0.295 e. The van der Waals surface area contributed by atoms with Crippen LogP contribution in [0.3, 0.4) is 0 Å². The van der Waals surface area contributed by atoms with Crippen LogP contribution in [0.25, 0.3) is 0 Å². The van der Waals surface area contributed by atoms with Gasteiger partial charge in [0.25, 0.3) is 0 Å². The lowest BCUT2D eigenvalue weighted by molar-refractivity contribution is 0.180. The van der Waals surface area contributed by atoms with Gasteiger partial charge in [-0.3, -0.25) is 4.90 Å². The third-order valence-electron chi connectivity index (χ3n) is 5.73. The highest BCUT2D eigenvalue weighted by Crippen LogP contribution is 2.32. The van der Waals surface area contributed by atoms with Crippen molar-refractivity contribution in [1.29, 1.82) is 0 Å². The summed E-state index contributed by atoms with van der Waals surface area (Å²) >= 11 is 1.59. The standard InChI is InChI=1S/C19H27N3O2S2/c1-13-14(2)16(4)19(17(5)15(13)3)26(23,24)22-8-6-21(7-9-22)10-18-11-25-12-20-18/h11-12H,6-10H2,1-5H3. The van der Waals surface area contributed by atoms with Crippen LogP contribution in [0.4, 0.5) is 0 Å². The van der Waals surface area contributed by atoms with Crippen molar-refractivity contribution in [3.63, 3.8) is 0 Å². The molecule has 0 saturated carbocycles. The number of rotatable bonds is 4. The van der Waals surface area contributed by atoms with Crippen molar-refractivity contribution in [2.45, 2.75) is 46.1 Å². The van der Waals surface area contributed by atoms with Crippen LogP contribution < -0.4 is 0 Å². The first kappa shape index (κ1) is 19.5. The first-order valence-electron chi connectivity index (χ1n) is 8.90. The van der Waals surface area contributed by atoms with E-state index in [0.717, 1.165) is 47.6 Å². The zero-order valence-corrected chi connectivity index (χ0v) is 17.8. The fourth-order valence-corrected chi connectivity index (χ4v) is 6.19. The summed E-state index contributed by atoms with van der Waals surface area (Å²) in [6, 6.07) is 0. The number of sulfonamides is 1. The van der Waals surface area contributed by atoms with Crippen LogP contribution in [0.15, 0.2) is 15.8 Å². The molecule has 0 spiro atoms. The number of aromatic nitrogens is 1. The molecule has 2 heterocycles. The van der Waals surface area contributed by atoms with Crippen molar-refractivity contribution < 1.29 is 8.42 Å². The summed E-state index contributed by atoms with van der Waals surface area (Å²) in [4.78, 5) is 7.10. The van der Waals surface area contributed by atoms with E-state index in [-0.39, 0.29) is 0 Å². The van der Waals surface area contributed by atoms with Crippen molar-refractivity contribution in [2.75, 3.05) is 26.2 Å². The molecule has 1 aromatic heterocycles. The van der Waals surface area contributed by atoms with E-state index >= 15 is 0 Å². The van der Waals surface area contributed by atoms with E-state index in [1.165, 1.54) is 5.56 Å². The molecule has 1 aliphatic heterocycles. The van der Waals surface area contributed by atoms with Gasteiger partial charge < -0.3 is 0 Å². The second kappa shape index (κ2) is 7.38. The Morgan fingerprint density at radius 2 is 1.46 bits per heavy atom. The highest BCUT2D eigenvalue weighted by Gasteiger charge is 2.32. The Hall–Kier alpha value is -1.28. The third-order valence-corrected chi connectivity index (χ3v) is 8.54. The van der Waals surface area contributed by atoms with Gasteiger partial charge in [0.15, 0.2) is 0 Å². The van der Waals surface area contributed by atoms with Crippen molar-refractivity contribution in [3.05, 3.63) is 44.4 Å². The van der Waals surface area contributed by atoms with Crippen LogP contribution >= 0.6 is 11.3 Å². The zero-order chi connectivity index (χ0) is 19.1. The second-order valence-corrected chi connectivity index (χ2v) is 9.71. The number of hydrogen-bond donors (Lipinski definition) is 0. The van der Waals surface area contributed by atoms with Crippen molar-refractivity contribution in [3.8, 4) is 0 Å². The van der Waals surface area contributed by atoms with Gasteiger partial charge in [0.1, 0.15) is 0 Å². The summed E-state index contributed by atoms with van der Waals surface area (Å²) in [5, 5.41) is 2.05. The number of nitrogens with zero attached hydrogens (tertiary/aromatic N) is 3. The van der Waals surface area contributed by atoms with Gasteiger partial charge in [-0.2, -0.15) is 4.31 Å². The van der Waals surface area contributed by atoms with Crippen LogP contribution in [-0.4, -0.2) is 48.8 Å². The molecule has 0 N–H and O–H groups in total. The molecule has 1 aliphatic rings. The maximum atomic E-state index is 13.4. The molecule has 3 rings (SSSR count). The Bertz CT molecular complexity index is 868. The molecule has 1 fully saturated rings. The summed E-state index contributed by atoms with van der Waals surface area (Å²) in [6.07, 6.45) is 0. The molecule has 0 amide bonds. The molecule has 1 aromatic carbocycles. The van der Waals surface area contributed by atoms with Crippen LogP contribution in [0.1, 0.15) is 33.5 Å². The predicted molar refractivity (Wildman–Crippen MR) is 106 cm³/mol. The molecule has 0 bridgehead atoms. The second-order valence-electron chi connectivity index (χ2n) is 7.11. The van der Waals surface area contributed by atoms with Gasteiger partial charge >= 0.3 is 0 Å². The van der Waals surface area contributed by atoms with Crippen molar-refractivity contribution in [1.82, 2.24) is 14.2 Å². The van der Waals surface area contributed by atoms with E-state index in [1.807, 2.05) is 38.6 Å². The summed E-state index contributed by atoms with van der Waals surface area (Å²) in [6.45, 7) is 13.3. The molecule has 2 aromatic rings. The molecule has 0 atom stereocenters. The number of piperazine rings is 1. The number of hydrogen-bond acceptors (Lipinski definition) is 5. The van der Waals surface area contributed by atoms with Crippen LogP contribution in [0, 0.1) is 34.6 Å². The first-order valence-corrected chi connectivity index (χ1v) is 11.3. The van der Waals surface area contributed by atoms with Crippen LogP contribution in [0.2, 0.25) is 0 Å². The minimum atomic E-state index is -3.48. The number of benzene rings is 1. The first-order chi connectivity index (χ1) is 12.2. The van der Waals surface area contributed by atoms with E-state index in [0.29, 0.717) is 18.0 Å². The van der Waals surface area contributed by atoms with Gasteiger partial charge in [-0.05, 0) is 62.4 Å². The fourth-order valence-electron chi connectivity index (χ4n) is 3.65. The smallest absolute Gasteiger partial charge is 0.243 e. The highest BCUT2D eigenvalue weighted by molar-refractivity contribution is 7.89. The van der Waals surface area contributed by atoms with E-state index in [2.05, 4.69) is 16.8 Å². The molecule has 26 heavy (non-hydrogen) atoms. The van der Waals surface area contributed by atoms with E-state index in [9.17, 15) is 8.42 Å². The molecule has 0 unspecified atom stereocenters. The van der Waals surface area contributed by atoms with Crippen molar-refractivity contribution in [2.24, 2.45) is 0 Å². The lowest BCUT2D eigenvalue weighted by atomic mass is 9.95. The number of thiazole rings is 1. The van der Waals surface area contributed by atoms with E-state index in [4.69, 9.17) is 0 Å². The summed E-state index contributed by atoms with van der Waals surface area (Å²) in [7, 11) is -3.48. The normalized spacial score (nSPS) is 17.0. The van der Waals surface area contributed by atoms with Crippen LogP contribution in [0.5, 0.6) is 0 Å². The summed E-state index contributed by atoms with van der Waals surface area (Å²) < 4.78 is 28.4. The van der Waals surface area contributed by atoms with E-state index in [1.54, 1.807) is 15.6 Å². The molecule has 0 aliphatic carbocycles. The average Bonchev–Trinajstić information content (AvgIpc) is 3.11. The highest BCUT2D eigenvalue weighted by atomic mass is 32.2. The Kier molecular flexibility index (Phi) is 5.53. The Morgan fingerprint density at radius 1 is 0.923 bits per heavy atom. The van der Waals surface area contributed by atoms with E-state index < -0.39 is 10.0 Å². The summed E-state index contributed by atoms with van der Waals surface area (Å²) in [5.74, 6) is 0. The van der Waals surface area contributed by atoms with Gasteiger partial charge in [-0.15, -0.1) is 11.3 Å². The predicted octanol–water partition coefficient (Wildman–Crippen LogP) is 3.19. The zero-order valence-electron chi connectivity index (χ0n) is 16.2. The topological polar surface area (TPSA) is 53.5 Å². The quantitative estimate of drug-likeness (QED) is 0.800. The molecule has 7 heteroatoms. The van der Waals surface area contributed by atoms with Crippen molar-refractivity contribution >= 4 is 21.4 Å². The monoisotopic (exact) mass is 393 g/mol. The molecule has 0 radical (unpaired) electrons. The maximum absolute atomic E-state index is 13.4. The summed E-state index contributed by atoms with van der Waals surface area (Å²) in [5.41, 5.74) is 8.01.